The Hall–Kier alpha value is -0.220. The summed E-state index contributed by atoms with van der Waals surface area (Å²) in [6, 6.07) is 0.322. The molecule has 0 bridgehead atoms. The van der Waals surface area contributed by atoms with Crippen molar-refractivity contribution in [3.8, 4) is 0 Å². The summed E-state index contributed by atoms with van der Waals surface area (Å²) in [4.78, 5) is 0. The van der Waals surface area contributed by atoms with Gasteiger partial charge < -0.3 is 10.1 Å². The largest absolute Gasteiger partial charge is 0.345 e. The zero-order valence-corrected chi connectivity index (χ0v) is 8.80. The number of rotatable bonds is 4. The van der Waals surface area contributed by atoms with Crippen molar-refractivity contribution >= 4 is 0 Å². The van der Waals surface area contributed by atoms with E-state index in [0.29, 0.717) is 12.0 Å². The monoisotopic (exact) mass is 207 g/mol. The van der Waals surface area contributed by atoms with Gasteiger partial charge in [0.15, 0.2) is 0 Å². The Morgan fingerprint density at radius 2 is 2.14 bits per heavy atom. The molecule has 0 aliphatic carbocycles. The van der Waals surface area contributed by atoms with Crippen molar-refractivity contribution in [3.05, 3.63) is 0 Å². The summed E-state index contributed by atoms with van der Waals surface area (Å²) in [5.41, 5.74) is 0. The Bertz CT molecular complexity index is 164. The second-order valence-electron chi connectivity index (χ2n) is 4.22. The van der Waals surface area contributed by atoms with Crippen LogP contribution in [0.15, 0.2) is 0 Å². The zero-order chi connectivity index (χ0) is 10.6. The second kappa shape index (κ2) is 5.61. The first kappa shape index (κ1) is 11.9. The molecular formula is C10H19F2NO. The highest BCUT2D eigenvalue weighted by atomic mass is 19.3. The van der Waals surface area contributed by atoms with E-state index < -0.39 is 6.61 Å². The van der Waals surface area contributed by atoms with Gasteiger partial charge in [-0.25, -0.2) is 0 Å². The summed E-state index contributed by atoms with van der Waals surface area (Å²) < 4.78 is 28.1. The molecule has 1 fully saturated rings. The topological polar surface area (TPSA) is 21.3 Å². The average Bonchev–Trinajstić information content (AvgIpc) is 2.15. The second-order valence-corrected chi connectivity index (χ2v) is 4.22. The van der Waals surface area contributed by atoms with Crippen LogP contribution in [-0.2, 0) is 4.74 Å². The molecule has 1 N–H and O–H groups in total. The van der Waals surface area contributed by atoms with Gasteiger partial charge in [-0.1, -0.05) is 13.8 Å². The zero-order valence-electron chi connectivity index (χ0n) is 8.80. The van der Waals surface area contributed by atoms with E-state index in [-0.39, 0.29) is 12.5 Å². The molecule has 2 nitrogen and oxygen atoms in total. The van der Waals surface area contributed by atoms with E-state index in [1.54, 1.807) is 0 Å². The summed E-state index contributed by atoms with van der Waals surface area (Å²) >= 11 is 0. The van der Waals surface area contributed by atoms with E-state index in [1.165, 1.54) is 0 Å². The highest BCUT2D eigenvalue weighted by Gasteiger charge is 2.27. The van der Waals surface area contributed by atoms with Crippen LogP contribution in [0.3, 0.4) is 0 Å². The van der Waals surface area contributed by atoms with E-state index in [0.717, 1.165) is 19.4 Å². The van der Waals surface area contributed by atoms with Gasteiger partial charge in [-0.3, -0.25) is 0 Å². The van der Waals surface area contributed by atoms with E-state index in [4.69, 9.17) is 0 Å². The van der Waals surface area contributed by atoms with Crippen molar-refractivity contribution < 1.29 is 13.5 Å². The minimum absolute atomic E-state index is 0.174. The third kappa shape index (κ3) is 3.50. The number of hydrogen-bond acceptors (Lipinski definition) is 2. The van der Waals surface area contributed by atoms with Gasteiger partial charge in [-0.2, -0.15) is 8.78 Å². The molecule has 0 spiro atoms. The van der Waals surface area contributed by atoms with Crippen LogP contribution in [0.5, 0.6) is 0 Å². The fourth-order valence-electron chi connectivity index (χ4n) is 2.14. The van der Waals surface area contributed by atoms with Crippen molar-refractivity contribution in [2.45, 2.75) is 39.3 Å². The van der Waals surface area contributed by atoms with Gasteiger partial charge in [-0.15, -0.1) is 0 Å². The third-order valence-corrected chi connectivity index (χ3v) is 2.79. The maximum Gasteiger partial charge on any atom is 0.345 e. The molecule has 0 radical (unpaired) electrons. The molecule has 0 saturated carbocycles. The summed E-state index contributed by atoms with van der Waals surface area (Å²) in [6.45, 7) is 2.75. The summed E-state index contributed by atoms with van der Waals surface area (Å²) in [7, 11) is 0. The lowest BCUT2D eigenvalue weighted by molar-refractivity contribution is -0.143. The normalized spacial score (nSPS) is 28.7. The minimum atomic E-state index is -2.63. The van der Waals surface area contributed by atoms with Crippen LogP contribution in [0.1, 0.15) is 26.7 Å². The quantitative estimate of drug-likeness (QED) is 0.763. The van der Waals surface area contributed by atoms with Crippen LogP contribution in [0.2, 0.25) is 0 Å². The van der Waals surface area contributed by atoms with E-state index in [2.05, 4.69) is 23.9 Å². The molecule has 2 unspecified atom stereocenters. The molecule has 1 aliphatic rings. The standard InChI is InChI=1S/C10H19F2NO/c1-7(2)9-8(4-3-5-13-9)6-14-10(11)12/h7-10,13H,3-6H2,1-2H3. The average molecular weight is 207 g/mol. The SMILES string of the molecule is CC(C)C1NCCCC1COC(F)F. The van der Waals surface area contributed by atoms with E-state index in [9.17, 15) is 8.78 Å². The summed E-state index contributed by atoms with van der Waals surface area (Å²) in [6.07, 6.45) is 2.04. The number of halogens is 2. The molecule has 1 heterocycles. The van der Waals surface area contributed by atoms with Crippen LogP contribution < -0.4 is 5.32 Å². The first-order valence-electron chi connectivity index (χ1n) is 5.24. The molecule has 4 heteroatoms. The number of alkyl halides is 2. The van der Waals surface area contributed by atoms with E-state index in [1.807, 2.05) is 0 Å². The van der Waals surface area contributed by atoms with Crippen LogP contribution in [-0.4, -0.2) is 25.8 Å². The Balaban J connectivity index is 2.38. The highest BCUT2D eigenvalue weighted by molar-refractivity contribution is 4.83. The molecule has 1 aliphatic heterocycles. The first-order valence-corrected chi connectivity index (χ1v) is 5.24. The van der Waals surface area contributed by atoms with Gasteiger partial charge in [0.2, 0.25) is 0 Å². The number of nitrogens with one attached hydrogen (secondary N) is 1. The van der Waals surface area contributed by atoms with Gasteiger partial charge in [0.1, 0.15) is 0 Å². The Labute approximate surface area is 84.0 Å². The highest BCUT2D eigenvalue weighted by Crippen LogP contribution is 2.22. The maximum atomic E-state index is 11.9. The lowest BCUT2D eigenvalue weighted by Gasteiger charge is -2.35. The number of piperidine rings is 1. The Morgan fingerprint density at radius 3 is 2.71 bits per heavy atom. The third-order valence-electron chi connectivity index (χ3n) is 2.79. The molecule has 1 saturated heterocycles. The van der Waals surface area contributed by atoms with Crippen molar-refractivity contribution in [2.24, 2.45) is 11.8 Å². The molecule has 0 aromatic carbocycles. The van der Waals surface area contributed by atoms with Crippen LogP contribution in [0.4, 0.5) is 8.78 Å². The van der Waals surface area contributed by atoms with Crippen molar-refractivity contribution in [3.63, 3.8) is 0 Å². The molecule has 84 valence electrons. The van der Waals surface area contributed by atoms with Crippen LogP contribution in [0, 0.1) is 11.8 Å². The molecule has 14 heavy (non-hydrogen) atoms. The van der Waals surface area contributed by atoms with Gasteiger partial charge in [-0.05, 0) is 31.2 Å². The minimum Gasteiger partial charge on any atom is -0.323 e. The predicted octanol–water partition coefficient (Wildman–Crippen LogP) is 2.25. The van der Waals surface area contributed by atoms with Gasteiger partial charge in [0.05, 0.1) is 6.61 Å². The summed E-state index contributed by atoms with van der Waals surface area (Å²) in [5.74, 6) is 0.708. The summed E-state index contributed by atoms with van der Waals surface area (Å²) in [5, 5.41) is 3.37. The van der Waals surface area contributed by atoms with Crippen LogP contribution in [0.25, 0.3) is 0 Å². The van der Waals surface area contributed by atoms with Gasteiger partial charge in [0.25, 0.3) is 0 Å². The predicted molar refractivity (Wildman–Crippen MR) is 51.3 cm³/mol. The smallest absolute Gasteiger partial charge is 0.323 e. The Morgan fingerprint density at radius 1 is 1.43 bits per heavy atom. The van der Waals surface area contributed by atoms with Crippen molar-refractivity contribution in [2.75, 3.05) is 13.2 Å². The lowest BCUT2D eigenvalue weighted by atomic mass is 9.85. The Kier molecular flexibility index (Phi) is 4.75. The molecule has 2 atom stereocenters. The first-order chi connectivity index (χ1) is 6.61. The molecule has 1 rings (SSSR count). The maximum absolute atomic E-state index is 11.9. The molecule has 0 aromatic rings. The van der Waals surface area contributed by atoms with Gasteiger partial charge in [0, 0.05) is 6.04 Å². The van der Waals surface area contributed by atoms with Crippen molar-refractivity contribution in [1.82, 2.24) is 5.32 Å². The molecular weight excluding hydrogens is 188 g/mol. The number of hydrogen-bond donors (Lipinski definition) is 1. The van der Waals surface area contributed by atoms with Gasteiger partial charge >= 0.3 is 6.61 Å². The molecule has 0 aromatic heterocycles. The lowest BCUT2D eigenvalue weighted by Crippen LogP contribution is -2.46. The molecule has 0 amide bonds. The van der Waals surface area contributed by atoms with Crippen molar-refractivity contribution in [1.29, 1.82) is 0 Å². The van der Waals surface area contributed by atoms with Crippen LogP contribution >= 0.6 is 0 Å². The van der Waals surface area contributed by atoms with E-state index >= 15 is 0 Å². The fourth-order valence-corrected chi connectivity index (χ4v) is 2.14. The fraction of sp³-hybridized carbons (Fsp3) is 1.00. The number of ether oxygens (including phenoxy) is 1.